The molecule has 0 fully saturated rings. The number of alkyl halides is 16. The van der Waals surface area contributed by atoms with E-state index < -0.39 is 66.3 Å². The van der Waals surface area contributed by atoms with Crippen LogP contribution in [-0.2, 0) is 0 Å². The second kappa shape index (κ2) is 8.19. The Bertz CT molecular complexity index is 633. The largest absolute Gasteiger partial charge is 0.385 e. The lowest BCUT2D eigenvalue weighted by Gasteiger charge is -2.43. The third kappa shape index (κ3) is 4.07. The third-order valence-corrected chi connectivity index (χ3v) is 4.20. The van der Waals surface area contributed by atoms with Gasteiger partial charge in [0.1, 0.15) is 0 Å². The van der Waals surface area contributed by atoms with Gasteiger partial charge < -0.3 is 0 Å². The van der Waals surface area contributed by atoms with Crippen LogP contribution in [0.2, 0.25) is 0 Å². The SMILES string of the molecule is C=CC(F)(F)C(F)(F)C(F)(F)C(F)(F)C(F)(F)C(F)(F)C(F)(F)C(F)(F)CCCCC. The van der Waals surface area contributed by atoms with Crippen LogP contribution in [-0.4, -0.2) is 47.4 Å². The highest BCUT2D eigenvalue weighted by Crippen LogP contribution is 2.64. The molecule has 0 nitrogen and oxygen atoms in total. The predicted octanol–water partition coefficient (Wildman–Crippen LogP) is 7.84. The lowest BCUT2D eigenvalue weighted by atomic mass is 9.86. The van der Waals surface area contributed by atoms with E-state index in [0.717, 1.165) is 0 Å². The summed E-state index contributed by atoms with van der Waals surface area (Å²) in [5, 5.41) is 0. The Morgan fingerprint density at radius 2 is 0.839 bits per heavy atom. The van der Waals surface area contributed by atoms with Crippen molar-refractivity contribution in [3.63, 3.8) is 0 Å². The normalized spacial score (nSPS) is 15.9. The van der Waals surface area contributed by atoms with Gasteiger partial charge in [0.2, 0.25) is 0 Å². The molecule has 0 spiro atoms. The van der Waals surface area contributed by atoms with Crippen molar-refractivity contribution in [3.05, 3.63) is 12.7 Å². The molecule has 0 atom stereocenters. The maximum atomic E-state index is 13.5. The lowest BCUT2D eigenvalue weighted by molar-refractivity contribution is -0.451. The number of allylic oxidation sites excluding steroid dienone is 1. The molecule has 0 unspecified atom stereocenters. The molecule has 0 rings (SSSR count). The van der Waals surface area contributed by atoms with Crippen LogP contribution in [0.5, 0.6) is 0 Å². The van der Waals surface area contributed by atoms with E-state index in [1.54, 1.807) is 0 Å². The van der Waals surface area contributed by atoms with E-state index in [4.69, 9.17) is 0 Å². The summed E-state index contributed by atoms with van der Waals surface area (Å²) < 4.78 is 214. The zero-order valence-corrected chi connectivity index (χ0v) is 15.2. The third-order valence-electron chi connectivity index (χ3n) is 4.20. The van der Waals surface area contributed by atoms with Crippen LogP contribution in [0.15, 0.2) is 12.7 Å². The summed E-state index contributed by atoms with van der Waals surface area (Å²) in [5.41, 5.74) is 0. The van der Waals surface area contributed by atoms with Gasteiger partial charge in [0.15, 0.2) is 0 Å². The molecule has 0 aromatic rings. The van der Waals surface area contributed by atoms with Crippen LogP contribution in [0.25, 0.3) is 0 Å². The zero-order valence-electron chi connectivity index (χ0n) is 15.2. The quantitative estimate of drug-likeness (QED) is 0.146. The van der Waals surface area contributed by atoms with E-state index in [-0.39, 0.29) is 12.8 Å². The highest BCUT2D eigenvalue weighted by atomic mass is 19.4. The smallest absolute Gasteiger partial charge is 0.200 e. The molecule has 0 aliphatic rings. The first-order valence-electron chi connectivity index (χ1n) is 8.03. The number of rotatable bonds is 12. The lowest BCUT2D eigenvalue weighted by Crippen LogP contribution is -2.74. The fraction of sp³-hybridized carbons (Fsp3) is 0.867. The van der Waals surface area contributed by atoms with Crippen LogP contribution in [0.1, 0.15) is 32.6 Å². The number of hydrogen-bond donors (Lipinski definition) is 0. The summed E-state index contributed by atoms with van der Waals surface area (Å²) >= 11 is 0. The Kier molecular flexibility index (Phi) is 7.83. The molecule has 0 aliphatic heterocycles. The fourth-order valence-electron chi connectivity index (χ4n) is 2.11. The molecule has 0 saturated carbocycles. The Labute approximate surface area is 164 Å². The molecule has 0 amide bonds. The van der Waals surface area contributed by atoms with Crippen LogP contribution in [0.3, 0.4) is 0 Å². The molecule has 0 bridgehead atoms. The summed E-state index contributed by atoms with van der Waals surface area (Å²) in [6, 6.07) is 0. The highest BCUT2D eigenvalue weighted by Gasteiger charge is 2.94. The van der Waals surface area contributed by atoms with Gasteiger partial charge in [0.25, 0.3) is 0 Å². The van der Waals surface area contributed by atoms with E-state index in [0.29, 0.717) is 0 Å². The minimum atomic E-state index is -8.37. The first kappa shape index (κ1) is 29.6. The van der Waals surface area contributed by atoms with Crippen LogP contribution >= 0.6 is 0 Å². The van der Waals surface area contributed by atoms with Crippen molar-refractivity contribution in [2.24, 2.45) is 0 Å². The zero-order chi connectivity index (χ0) is 25.5. The average Bonchev–Trinajstić information content (AvgIpc) is 2.60. The molecule has 0 aliphatic carbocycles. The summed E-state index contributed by atoms with van der Waals surface area (Å²) in [6.45, 7) is 3.14. The van der Waals surface area contributed by atoms with Crippen molar-refractivity contribution in [1.29, 1.82) is 0 Å². The maximum Gasteiger partial charge on any atom is 0.385 e. The van der Waals surface area contributed by atoms with Crippen LogP contribution in [0.4, 0.5) is 70.2 Å². The fourth-order valence-corrected chi connectivity index (χ4v) is 2.11. The van der Waals surface area contributed by atoms with Crippen molar-refractivity contribution < 1.29 is 70.2 Å². The van der Waals surface area contributed by atoms with E-state index in [2.05, 4.69) is 0 Å². The minimum absolute atomic E-state index is 0.00505. The Hall–Kier alpha value is -1.38. The second-order valence-corrected chi connectivity index (χ2v) is 6.44. The van der Waals surface area contributed by atoms with Crippen molar-refractivity contribution in [3.8, 4) is 0 Å². The molecule has 0 aromatic carbocycles. The van der Waals surface area contributed by atoms with Crippen LogP contribution < -0.4 is 0 Å². The summed E-state index contributed by atoms with van der Waals surface area (Å²) in [5.74, 6) is -60.7. The van der Waals surface area contributed by atoms with E-state index in [1.807, 2.05) is 6.58 Å². The Morgan fingerprint density at radius 1 is 0.516 bits per heavy atom. The summed E-state index contributed by atoms with van der Waals surface area (Å²) in [7, 11) is 0. The molecule has 0 saturated heterocycles. The minimum Gasteiger partial charge on any atom is -0.200 e. The van der Waals surface area contributed by atoms with Crippen molar-refractivity contribution in [2.45, 2.75) is 80.0 Å². The summed E-state index contributed by atoms with van der Waals surface area (Å²) in [4.78, 5) is 0. The first-order valence-corrected chi connectivity index (χ1v) is 8.03. The maximum absolute atomic E-state index is 13.5. The molecular weight excluding hydrogens is 484 g/mol. The average molecular weight is 498 g/mol. The number of unbranched alkanes of at least 4 members (excludes halogenated alkanes) is 2. The molecule has 16 heteroatoms. The molecule has 0 aromatic heterocycles. The van der Waals surface area contributed by atoms with Crippen LogP contribution in [0, 0.1) is 0 Å². The molecule has 0 radical (unpaired) electrons. The molecule has 186 valence electrons. The Balaban J connectivity index is 6.57. The van der Waals surface area contributed by atoms with Gasteiger partial charge in [-0.1, -0.05) is 26.3 Å². The van der Waals surface area contributed by atoms with Gasteiger partial charge in [-0.3, -0.25) is 0 Å². The van der Waals surface area contributed by atoms with Gasteiger partial charge in [-0.05, 0) is 12.5 Å². The summed E-state index contributed by atoms with van der Waals surface area (Å²) in [6.07, 6.45) is -5.11. The monoisotopic (exact) mass is 498 g/mol. The van der Waals surface area contributed by atoms with Crippen molar-refractivity contribution >= 4 is 0 Å². The number of halogens is 16. The van der Waals surface area contributed by atoms with Gasteiger partial charge in [-0.2, -0.15) is 70.2 Å². The predicted molar refractivity (Wildman–Crippen MR) is 73.9 cm³/mol. The van der Waals surface area contributed by atoms with Gasteiger partial charge in [0.05, 0.1) is 0 Å². The highest BCUT2D eigenvalue weighted by molar-refractivity contribution is 5.17. The van der Waals surface area contributed by atoms with Gasteiger partial charge in [-0.25, -0.2) is 0 Å². The first-order chi connectivity index (χ1) is 13.4. The van der Waals surface area contributed by atoms with Crippen molar-refractivity contribution in [2.75, 3.05) is 0 Å². The van der Waals surface area contributed by atoms with E-state index in [1.165, 1.54) is 6.92 Å². The Morgan fingerprint density at radius 3 is 1.16 bits per heavy atom. The van der Waals surface area contributed by atoms with E-state index >= 15 is 0 Å². The van der Waals surface area contributed by atoms with Gasteiger partial charge in [0, 0.05) is 6.42 Å². The van der Waals surface area contributed by atoms with E-state index in [9.17, 15) is 70.2 Å². The molecule has 0 N–H and O–H groups in total. The van der Waals surface area contributed by atoms with Gasteiger partial charge in [-0.15, -0.1) is 0 Å². The number of hydrogen-bond acceptors (Lipinski definition) is 0. The molecular formula is C15H14F16. The topological polar surface area (TPSA) is 0 Å². The second-order valence-electron chi connectivity index (χ2n) is 6.44. The van der Waals surface area contributed by atoms with Crippen molar-refractivity contribution in [1.82, 2.24) is 0 Å². The standard InChI is InChI=1S/C15H14F16/c1-3-5-6-7-9(18,19)11(22,23)13(26,27)15(30,31)14(28,29)12(24,25)10(20,21)8(16,17)4-2/h4H,2-3,5-7H2,1H3. The van der Waals surface area contributed by atoms with Gasteiger partial charge >= 0.3 is 47.4 Å². The molecule has 0 heterocycles. The molecule has 31 heavy (non-hydrogen) atoms.